The van der Waals surface area contributed by atoms with Crippen LogP contribution in [0.4, 0.5) is 5.69 Å². The smallest absolute Gasteiger partial charge is 0.330 e. The number of pyridine rings is 1. The number of amides is 3. The summed E-state index contributed by atoms with van der Waals surface area (Å²) < 4.78 is 10.5. The minimum atomic E-state index is -0.974. The fraction of sp³-hybridized carbons (Fsp3) is 0.500. The summed E-state index contributed by atoms with van der Waals surface area (Å²) in [7, 11) is 1.21. The summed E-state index contributed by atoms with van der Waals surface area (Å²) in [6.45, 7) is 6.25. The predicted molar refractivity (Wildman–Crippen MR) is 131 cm³/mol. The zero-order valence-electron chi connectivity index (χ0n) is 21.2. The number of nitrogens with zero attached hydrogens (tertiary/aromatic N) is 1. The molecular formula is C24H34N4O8. The predicted octanol–water partition coefficient (Wildman–Crippen LogP) is 0.505. The number of esters is 2. The van der Waals surface area contributed by atoms with Crippen LogP contribution in [0.25, 0.3) is 0 Å². The highest BCUT2D eigenvalue weighted by atomic mass is 16.5. The third kappa shape index (κ3) is 10.1. The van der Waals surface area contributed by atoms with Gasteiger partial charge in [-0.25, -0.2) is 9.59 Å². The topological polar surface area (TPSA) is 162 Å². The number of rotatable bonds is 13. The summed E-state index contributed by atoms with van der Waals surface area (Å²) in [4.78, 5) is 72.8. The minimum absolute atomic E-state index is 0.0962. The van der Waals surface area contributed by atoms with Crippen LogP contribution in [-0.4, -0.2) is 60.0 Å². The number of carbonyl (C=O) groups is 5. The second-order valence-corrected chi connectivity index (χ2v) is 8.14. The van der Waals surface area contributed by atoms with E-state index in [2.05, 4.69) is 16.0 Å². The Hall–Kier alpha value is -3.96. The molecule has 1 rings (SSSR count). The van der Waals surface area contributed by atoms with E-state index >= 15 is 0 Å². The van der Waals surface area contributed by atoms with Gasteiger partial charge in [0.2, 0.25) is 17.7 Å². The molecule has 1 heterocycles. The SMILES string of the molecule is CCOC(=O)C=CCCC(NC(C)=O)C(=O)Nc1cccn(CC(=O)NC(C(=O)OC)C(C)C)c1=O. The largest absolute Gasteiger partial charge is 0.467 e. The van der Waals surface area contributed by atoms with Crippen LogP contribution in [0.5, 0.6) is 0 Å². The highest BCUT2D eigenvalue weighted by Crippen LogP contribution is 2.06. The van der Waals surface area contributed by atoms with Crippen molar-refractivity contribution in [3.63, 3.8) is 0 Å². The van der Waals surface area contributed by atoms with Crippen molar-refractivity contribution in [3.05, 3.63) is 40.8 Å². The minimum Gasteiger partial charge on any atom is -0.467 e. The Morgan fingerprint density at radius 1 is 1.14 bits per heavy atom. The van der Waals surface area contributed by atoms with E-state index in [9.17, 15) is 28.8 Å². The molecule has 1 aromatic rings. The van der Waals surface area contributed by atoms with Crippen molar-refractivity contribution >= 4 is 35.3 Å². The van der Waals surface area contributed by atoms with Crippen molar-refractivity contribution in [2.45, 2.75) is 59.2 Å². The van der Waals surface area contributed by atoms with Crippen molar-refractivity contribution in [3.8, 4) is 0 Å². The fourth-order valence-electron chi connectivity index (χ4n) is 3.12. The van der Waals surface area contributed by atoms with Gasteiger partial charge in [0, 0.05) is 19.2 Å². The molecule has 0 radical (unpaired) electrons. The van der Waals surface area contributed by atoms with E-state index in [1.54, 1.807) is 20.8 Å². The monoisotopic (exact) mass is 506 g/mol. The lowest BCUT2D eigenvalue weighted by molar-refractivity contribution is -0.146. The number of carbonyl (C=O) groups excluding carboxylic acids is 5. The zero-order chi connectivity index (χ0) is 27.3. The highest BCUT2D eigenvalue weighted by molar-refractivity contribution is 5.96. The Balaban J connectivity index is 2.91. The van der Waals surface area contributed by atoms with Gasteiger partial charge in [-0.2, -0.15) is 0 Å². The Morgan fingerprint density at radius 3 is 2.42 bits per heavy atom. The molecule has 2 atom stereocenters. The summed E-state index contributed by atoms with van der Waals surface area (Å²) in [5, 5.41) is 7.53. The molecule has 0 saturated carbocycles. The van der Waals surface area contributed by atoms with E-state index in [1.165, 1.54) is 44.5 Å². The molecule has 3 N–H and O–H groups in total. The molecule has 0 aliphatic carbocycles. The maximum absolute atomic E-state index is 12.8. The summed E-state index contributed by atoms with van der Waals surface area (Å²) in [5.74, 6) is -3.03. The number of ether oxygens (including phenoxy) is 2. The Morgan fingerprint density at radius 2 is 1.83 bits per heavy atom. The molecular weight excluding hydrogens is 472 g/mol. The Bertz CT molecular complexity index is 1030. The van der Waals surface area contributed by atoms with Gasteiger partial charge in [-0.3, -0.25) is 19.2 Å². The van der Waals surface area contributed by atoms with Crippen LogP contribution >= 0.6 is 0 Å². The molecule has 2 unspecified atom stereocenters. The second kappa shape index (κ2) is 15.1. The van der Waals surface area contributed by atoms with Crippen molar-refractivity contribution in [1.82, 2.24) is 15.2 Å². The standard InChI is InChI=1S/C24H34N4O8/c1-6-36-20(31)12-8-7-10-17(25-16(4)29)22(32)26-18-11-9-13-28(23(18)33)14-19(30)27-21(15(2)3)24(34)35-5/h8-9,11-13,15,17,21H,6-7,10,14H2,1-5H3,(H,25,29)(H,26,32)(H,27,30). The molecule has 0 saturated heterocycles. The van der Waals surface area contributed by atoms with E-state index in [4.69, 9.17) is 9.47 Å². The van der Waals surface area contributed by atoms with Gasteiger partial charge >= 0.3 is 11.9 Å². The molecule has 3 amide bonds. The maximum atomic E-state index is 12.8. The van der Waals surface area contributed by atoms with Gasteiger partial charge in [0.25, 0.3) is 5.56 Å². The number of methoxy groups -OCH3 is 1. The quantitative estimate of drug-likeness (QED) is 0.257. The molecule has 0 aliphatic rings. The van der Waals surface area contributed by atoms with E-state index in [-0.39, 0.29) is 31.1 Å². The van der Waals surface area contributed by atoms with Crippen molar-refractivity contribution in [2.24, 2.45) is 5.92 Å². The molecule has 198 valence electrons. The lowest BCUT2D eigenvalue weighted by atomic mass is 10.0. The van der Waals surface area contributed by atoms with Gasteiger partial charge in [-0.15, -0.1) is 0 Å². The molecule has 0 bridgehead atoms. The molecule has 0 fully saturated rings. The van der Waals surface area contributed by atoms with Crippen molar-refractivity contribution in [1.29, 1.82) is 0 Å². The van der Waals surface area contributed by atoms with Crippen LogP contribution < -0.4 is 21.5 Å². The van der Waals surface area contributed by atoms with E-state index in [0.717, 1.165) is 4.57 Å². The summed E-state index contributed by atoms with van der Waals surface area (Å²) in [5.41, 5.74) is -0.745. The summed E-state index contributed by atoms with van der Waals surface area (Å²) in [6, 6.07) is 0.987. The number of aromatic nitrogens is 1. The third-order valence-corrected chi connectivity index (χ3v) is 4.89. The molecule has 0 spiro atoms. The number of anilines is 1. The second-order valence-electron chi connectivity index (χ2n) is 8.14. The molecule has 0 aromatic carbocycles. The number of hydrogen-bond acceptors (Lipinski definition) is 8. The average Bonchev–Trinajstić information content (AvgIpc) is 2.81. The van der Waals surface area contributed by atoms with Gasteiger partial charge in [0.15, 0.2) is 0 Å². The third-order valence-electron chi connectivity index (χ3n) is 4.89. The van der Waals surface area contributed by atoms with Crippen LogP contribution in [0.1, 0.15) is 40.5 Å². The van der Waals surface area contributed by atoms with Crippen LogP contribution in [0.2, 0.25) is 0 Å². The maximum Gasteiger partial charge on any atom is 0.330 e. The molecule has 12 nitrogen and oxygen atoms in total. The van der Waals surface area contributed by atoms with Crippen molar-refractivity contribution in [2.75, 3.05) is 19.0 Å². The first-order valence-electron chi connectivity index (χ1n) is 11.5. The number of allylic oxidation sites excluding steroid dienone is 1. The number of hydrogen-bond donors (Lipinski definition) is 3. The molecule has 0 aliphatic heterocycles. The summed E-state index contributed by atoms with van der Waals surface area (Å²) in [6.07, 6.45) is 4.57. The first kappa shape index (κ1) is 30.1. The molecule has 1 aromatic heterocycles. The molecule has 12 heteroatoms. The van der Waals surface area contributed by atoms with Gasteiger partial charge < -0.3 is 30.0 Å². The van der Waals surface area contributed by atoms with Gasteiger partial charge in [0.05, 0.1) is 13.7 Å². The van der Waals surface area contributed by atoms with Gasteiger partial charge in [0.1, 0.15) is 24.3 Å². The van der Waals surface area contributed by atoms with Gasteiger partial charge in [-0.1, -0.05) is 19.9 Å². The summed E-state index contributed by atoms with van der Waals surface area (Å²) >= 11 is 0. The van der Waals surface area contributed by atoms with Crippen molar-refractivity contribution < 1.29 is 33.4 Å². The van der Waals surface area contributed by atoms with E-state index < -0.39 is 53.8 Å². The lowest BCUT2D eigenvalue weighted by Crippen LogP contribution is -2.47. The Kier molecular flexibility index (Phi) is 12.6. The normalized spacial score (nSPS) is 12.5. The highest BCUT2D eigenvalue weighted by Gasteiger charge is 2.25. The van der Waals surface area contributed by atoms with Gasteiger partial charge in [-0.05, 0) is 37.8 Å². The van der Waals surface area contributed by atoms with Crippen LogP contribution in [-0.2, 0) is 40.0 Å². The first-order chi connectivity index (χ1) is 17.0. The molecule has 36 heavy (non-hydrogen) atoms. The Labute approximate surface area is 209 Å². The first-order valence-corrected chi connectivity index (χ1v) is 11.5. The lowest BCUT2D eigenvalue weighted by Gasteiger charge is -2.20. The number of nitrogens with one attached hydrogen (secondary N) is 3. The van der Waals surface area contributed by atoms with Crippen LogP contribution in [0.3, 0.4) is 0 Å². The average molecular weight is 507 g/mol. The van der Waals surface area contributed by atoms with E-state index in [1.807, 2.05) is 0 Å². The van der Waals surface area contributed by atoms with E-state index in [0.29, 0.717) is 0 Å². The fourth-order valence-corrected chi connectivity index (χ4v) is 3.12. The zero-order valence-corrected chi connectivity index (χ0v) is 21.2. The van der Waals surface area contributed by atoms with Crippen LogP contribution in [0, 0.1) is 5.92 Å². The van der Waals surface area contributed by atoms with Crippen LogP contribution in [0.15, 0.2) is 35.3 Å².